The summed E-state index contributed by atoms with van der Waals surface area (Å²) in [6.45, 7) is 7.14. The number of carboxylic acid groups (broad SMARTS) is 1. The number of carbonyl (C=O) groups is 1. The molecule has 0 aliphatic rings. The number of carboxylic acids is 1. The maximum Gasteiger partial charge on any atom is 0.335 e. The first-order valence-corrected chi connectivity index (χ1v) is 7.50. The minimum atomic E-state index is -3.44. The molecule has 0 spiro atoms. The van der Waals surface area contributed by atoms with Crippen molar-refractivity contribution in [1.82, 2.24) is 0 Å². The number of sulfonamides is 1. The summed E-state index contributed by atoms with van der Waals surface area (Å²) >= 11 is 0. The van der Waals surface area contributed by atoms with Crippen LogP contribution in [0.1, 0.15) is 36.7 Å². The fourth-order valence-electron chi connectivity index (χ4n) is 1.75. The van der Waals surface area contributed by atoms with Gasteiger partial charge < -0.3 is 5.11 Å². The van der Waals surface area contributed by atoms with Gasteiger partial charge >= 0.3 is 5.97 Å². The van der Waals surface area contributed by atoms with E-state index in [0.29, 0.717) is 11.3 Å². The molecule has 0 saturated carbocycles. The number of aromatic carboxylic acids is 1. The Balaban J connectivity index is 2.95. The van der Waals surface area contributed by atoms with Gasteiger partial charge in [-0.1, -0.05) is 20.8 Å². The molecule has 1 aromatic carbocycles. The van der Waals surface area contributed by atoms with Gasteiger partial charge in [-0.05, 0) is 36.1 Å². The van der Waals surface area contributed by atoms with Crippen LogP contribution in [0.2, 0.25) is 0 Å². The molecule has 0 unspecified atom stereocenters. The normalized spacial score (nSPS) is 12.2. The summed E-state index contributed by atoms with van der Waals surface area (Å²) in [5, 5.41) is 8.90. The number of hydrogen-bond donors (Lipinski definition) is 2. The van der Waals surface area contributed by atoms with Crippen molar-refractivity contribution in [2.75, 3.05) is 10.5 Å². The minimum absolute atomic E-state index is 0.000268. The Morgan fingerprint density at radius 2 is 1.89 bits per heavy atom. The Bertz CT molecular complexity index is 585. The molecular formula is C13H19NO4S. The van der Waals surface area contributed by atoms with Crippen molar-refractivity contribution in [2.45, 2.75) is 27.7 Å². The SMILES string of the molecule is Cc1cc(NS(=O)(=O)CC(C)(C)C)ccc1C(=O)O. The van der Waals surface area contributed by atoms with Gasteiger partial charge in [0.15, 0.2) is 0 Å². The Kier molecular flexibility index (Phi) is 4.25. The van der Waals surface area contributed by atoms with E-state index in [0.717, 1.165) is 0 Å². The summed E-state index contributed by atoms with van der Waals surface area (Å²) in [5.74, 6) is -1.03. The van der Waals surface area contributed by atoms with Crippen LogP contribution in [0, 0.1) is 12.3 Å². The van der Waals surface area contributed by atoms with Crippen LogP contribution in [0.25, 0.3) is 0 Å². The lowest BCUT2D eigenvalue weighted by Gasteiger charge is -2.19. The number of aryl methyl sites for hydroxylation is 1. The van der Waals surface area contributed by atoms with Crippen LogP contribution < -0.4 is 4.72 Å². The number of anilines is 1. The first-order valence-electron chi connectivity index (χ1n) is 5.85. The zero-order valence-corrected chi connectivity index (χ0v) is 12.3. The van der Waals surface area contributed by atoms with E-state index in [2.05, 4.69) is 4.72 Å². The lowest BCUT2D eigenvalue weighted by atomic mass is 10.0. The van der Waals surface area contributed by atoms with Crippen molar-refractivity contribution in [2.24, 2.45) is 5.41 Å². The van der Waals surface area contributed by atoms with Gasteiger partial charge in [-0.15, -0.1) is 0 Å². The third kappa shape index (κ3) is 4.90. The zero-order valence-electron chi connectivity index (χ0n) is 11.5. The summed E-state index contributed by atoms with van der Waals surface area (Å²) in [7, 11) is -3.44. The minimum Gasteiger partial charge on any atom is -0.478 e. The molecule has 1 aromatic rings. The van der Waals surface area contributed by atoms with Gasteiger partial charge in [-0.3, -0.25) is 4.72 Å². The fourth-order valence-corrected chi connectivity index (χ4v) is 3.45. The molecule has 0 fully saturated rings. The van der Waals surface area contributed by atoms with E-state index in [-0.39, 0.29) is 16.7 Å². The van der Waals surface area contributed by atoms with Crippen molar-refractivity contribution < 1.29 is 18.3 Å². The first-order chi connectivity index (χ1) is 8.50. The lowest BCUT2D eigenvalue weighted by molar-refractivity contribution is 0.0696. The Morgan fingerprint density at radius 1 is 1.32 bits per heavy atom. The first kappa shape index (κ1) is 15.5. The monoisotopic (exact) mass is 285 g/mol. The standard InChI is InChI=1S/C13H19NO4S/c1-9-7-10(5-6-11(9)12(15)16)14-19(17,18)8-13(2,3)4/h5-7,14H,8H2,1-4H3,(H,15,16). The molecule has 5 nitrogen and oxygen atoms in total. The maximum atomic E-state index is 11.9. The summed E-state index contributed by atoms with van der Waals surface area (Å²) in [5.41, 5.74) is 0.719. The van der Waals surface area contributed by atoms with Gasteiger partial charge in [-0.2, -0.15) is 0 Å². The van der Waals surface area contributed by atoms with Crippen molar-refractivity contribution in [3.05, 3.63) is 29.3 Å². The van der Waals surface area contributed by atoms with E-state index < -0.39 is 16.0 Å². The van der Waals surface area contributed by atoms with E-state index >= 15 is 0 Å². The molecule has 0 bridgehead atoms. The van der Waals surface area contributed by atoms with Crippen LogP contribution >= 0.6 is 0 Å². The molecule has 0 atom stereocenters. The largest absolute Gasteiger partial charge is 0.478 e. The van der Waals surface area contributed by atoms with E-state index in [1.165, 1.54) is 18.2 Å². The molecular weight excluding hydrogens is 266 g/mol. The quantitative estimate of drug-likeness (QED) is 0.890. The highest BCUT2D eigenvalue weighted by Crippen LogP contribution is 2.20. The molecule has 19 heavy (non-hydrogen) atoms. The number of benzene rings is 1. The average Bonchev–Trinajstić information content (AvgIpc) is 2.11. The second-order valence-electron chi connectivity index (χ2n) is 5.76. The molecule has 0 heterocycles. The highest BCUT2D eigenvalue weighted by atomic mass is 32.2. The van der Waals surface area contributed by atoms with Crippen LogP contribution in [0.15, 0.2) is 18.2 Å². The smallest absolute Gasteiger partial charge is 0.335 e. The van der Waals surface area contributed by atoms with Crippen molar-refractivity contribution in [3.8, 4) is 0 Å². The molecule has 0 saturated heterocycles. The van der Waals surface area contributed by atoms with Gasteiger partial charge in [0.25, 0.3) is 0 Å². The molecule has 0 aromatic heterocycles. The van der Waals surface area contributed by atoms with Gasteiger partial charge in [0, 0.05) is 5.69 Å². The highest BCUT2D eigenvalue weighted by molar-refractivity contribution is 7.92. The van der Waals surface area contributed by atoms with Gasteiger partial charge in [0.2, 0.25) is 10.0 Å². The molecule has 0 aliphatic heterocycles. The predicted octanol–water partition coefficient (Wildman–Crippen LogP) is 2.48. The molecule has 2 N–H and O–H groups in total. The number of hydrogen-bond acceptors (Lipinski definition) is 3. The van der Waals surface area contributed by atoms with Gasteiger partial charge in [0.1, 0.15) is 0 Å². The van der Waals surface area contributed by atoms with E-state index in [1.54, 1.807) is 6.92 Å². The van der Waals surface area contributed by atoms with Crippen LogP contribution in [-0.2, 0) is 10.0 Å². The van der Waals surface area contributed by atoms with Crippen LogP contribution in [0.5, 0.6) is 0 Å². The summed E-state index contributed by atoms with van der Waals surface area (Å²) in [6.07, 6.45) is 0. The molecule has 1 rings (SSSR count). The summed E-state index contributed by atoms with van der Waals surface area (Å²) in [4.78, 5) is 10.9. The predicted molar refractivity (Wildman–Crippen MR) is 75.0 cm³/mol. The Labute approximate surface area is 113 Å². The van der Waals surface area contributed by atoms with Crippen molar-refractivity contribution in [3.63, 3.8) is 0 Å². The molecule has 6 heteroatoms. The lowest BCUT2D eigenvalue weighted by Crippen LogP contribution is -2.26. The number of nitrogens with one attached hydrogen (secondary N) is 1. The Hall–Kier alpha value is -1.56. The van der Waals surface area contributed by atoms with Crippen LogP contribution in [-0.4, -0.2) is 25.2 Å². The van der Waals surface area contributed by atoms with Crippen LogP contribution in [0.4, 0.5) is 5.69 Å². The molecule has 0 aliphatic carbocycles. The third-order valence-electron chi connectivity index (χ3n) is 2.35. The van der Waals surface area contributed by atoms with Gasteiger partial charge in [-0.25, -0.2) is 13.2 Å². The van der Waals surface area contributed by atoms with Crippen molar-refractivity contribution >= 4 is 21.7 Å². The maximum absolute atomic E-state index is 11.9. The third-order valence-corrected chi connectivity index (χ3v) is 4.15. The van der Waals surface area contributed by atoms with E-state index in [9.17, 15) is 13.2 Å². The second-order valence-corrected chi connectivity index (χ2v) is 7.48. The van der Waals surface area contributed by atoms with E-state index in [1.807, 2.05) is 20.8 Å². The zero-order chi connectivity index (χ0) is 14.8. The molecule has 0 radical (unpaired) electrons. The van der Waals surface area contributed by atoms with E-state index in [4.69, 9.17) is 5.11 Å². The molecule has 106 valence electrons. The van der Waals surface area contributed by atoms with Crippen LogP contribution in [0.3, 0.4) is 0 Å². The summed E-state index contributed by atoms with van der Waals surface area (Å²) in [6, 6.07) is 4.37. The fraction of sp³-hybridized carbons (Fsp3) is 0.462. The van der Waals surface area contributed by atoms with Crippen molar-refractivity contribution in [1.29, 1.82) is 0 Å². The average molecular weight is 285 g/mol. The Morgan fingerprint density at radius 3 is 2.32 bits per heavy atom. The van der Waals surface area contributed by atoms with Gasteiger partial charge in [0.05, 0.1) is 11.3 Å². The summed E-state index contributed by atoms with van der Waals surface area (Å²) < 4.78 is 26.3. The topological polar surface area (TPSA) is 83.5 Å². The molecule has 0 amide bonds. The number of rotatable bonds is 4. The highest BCUT2D eigenvalue weighted by Gasteiger charge is 2.21. The second kappa shape index (κ2) is 5.21.